The molecule has 0 radical (unpaired) electrons. The van der Waals surface area contributed by atoms with E-state index in [1.807, 2.05) is 0 Å². The predicted molar refractivity (Wildman–Crippen MR) is 80.1 cm³/mol. The molecule has 0 spiro atoms. The molecule has 0 aliphatic heterocycles. The van der Waals surface area contributed by atoms with Gasteiger partial charge in [-0.3, -0.25) is 9.78 Å². The third-order valence-corrected chi connectivity index (χ3v) is 3.28. The summed E-state index contributed by atoms with van der Waals surface area (Å²) in [5.41, 5.74) is 2.23. The number of nitrogens with zero attached hydrogens (tertiary/aromatic N) is 1. The number of pyridine rings is 1. The number of hydrogen-bond acceptors (Lipinski definition) is 3. The second-order valence-corrected chi connectivity index (χ2v) is 5.00. The van der Waals surface area contributed by atoms with E-state index in [0.29, 0.717) is 16.4 Å². The summed E-state index contributed by atoms with van der Waals surface area (Å²) in [5, 5.41) is 11.9. The quantitative estimate of drug-likeness (QED) is 0.912. The van der Waals surface area contributed by atoms with Crippen LogP contribution < -0.4 is 5.32 Å². The molecule has 21 heavy (non-hydrogen) atoms. The summed E-state index contributed by atoms with van der Waals surface area (Å²) in [6.45, 7) is 3.55. The average molecular weight is 305 g/mol. The Bertz CT molecular complexity index is 729. The van der Waals surface area contributed by atoms with Crippen LogP contribution in [0.3, 0.4) is 0 Å². The van der Waals surface area contributed by atoms with E-state index in [1.54, 1.807) is 26.0 Å². The number of carbonyl (C=O) groups excluding carboxylic acids is 1. The lowest BCUT2D eigenvalue weighted by Crippen LogP contribution is -2.14. The lowest BCUT2D eigenvalue weighted by Gasteiger charge is -2.10. The number of rotatable bonds is 3. The minimum absolute atomic E-state index is 0.101. The Morgan fingerprint density at radius 3 is 2.57 bits per heavy atom. The van der Waals surface area contributed by atoms with Crippen LogP contribution in [0.5, 0.6) is 0 Å². The van der Waals surface area contributed by atoms with Crippen molar-refractivity contribution in [2.45, 2.75) is 13.8 Å². The van der Waals surface area contributed by atoms with Gasteiger partial charge < -0.3 is 10.4 Å². The summed E-state index contributed by atoms with van der Waals surface area (Å²) in [6, 6.07) is 6.11. The molecular weight excluding hydrogens is 292 g/mol. The van der Waals surface area contributed by atoms with E-state index in [9.17, 15) is 9.59 Å². The Hall–Kier alpha value is -2.40. The number of hydrogen-bond donors (Lipinski definition) is 2. The first-order valence-electron chi connectivity index (χ1n) is 6.16. The first-order chi connectivity index (χ1) is 9.88. The van der Waals surface area contributed by atoms with Gasteiger partial charge in [-0.05, 0) is 37.6 Å². The van der Waals surface area contributed by atoms with Crippen LogP contribution in [-0.4, -0.2) is 22.0 Å². The molecule has 5 nitrogen and oxygen atoms in total. The number of anilines is 1. The van der Waals surface area contributed by atoms with Crippen LogP contribution in [0.4, 0.5) is 5.69 Å². The van der Waals surface area contributed by atoms with Gasteiger partial charge in [-0.2, -0.15) is 0 Å². The normalized spacial score (nSPS) is 10.2. The van der Waals surface area contributed by atoms with E-state index < -0.39 is 11.9 Å². The minimum Gasteiger partial charge on any atom is -0.478 e. The summed E-state index contributed by atoms with van der Waals surface area (Å²) in [4.78, 5) is 27.2. The Morgan fingerprint density at radius 1 is 1.24 bits per heavy atom. The number of nitrogens with one attached hydrogen (secondary N) is 1. The van der Waals surface area contributed by atoms with Crippen molar-refractivity contribution in [3.05, 3.63) is 57.9 Å². The molecule has 0 aliphatic carbocycles. The van der Waals surface area contributed by atoms with Gasteiger partial charge in [-0.25, -0.2) is 4.79 Å². The summed E-state index contributed by atoms with van der Waals surface area (Å²) in [7, 11) is 0. The highest BCUT2D eigenvalue weighted by Gasteiger charge is 2.14. The van der Waals surface area contributed by atoms with Gasteiger partial charge in [0.2, 0.25) is 0 Å². The van der Waals surface area contributed by atoms with Crippen molar-refractivity contribution in [1.29, 1.82) is 0 Å². The van der Waals surface area contributed by atoms with Crippen LogP contribution in [0.15, 0.2) is 30.5 Å². The number of aromatic nitrogens is 1. The van der Waals surface area contributed by atoms with E-state index >= 15 is 0 Å². The number of halogens is 1. The molecule has 0 fully saturated rings. The van der Waals surface area contributed by atoms with Crippen molar-refractivity contribution in [3.8, 4) is 0 Å². The number of benzene rings is 1. The van der Waals surface area contributed by atoms with Crippen molar-refractivity contribution in [1.82, 2.24) is 4.98 Å². The summed E-state index contributed by atoms with van der Waals surface area (Å²) >= 11 is 6.02. The number of carbonyl (C=O) groups is 2. The molecule has 1 amide bonds. The minimum atomic E-state index is -1.06. The zero-order valence-electron chi connectivity index (χ0n) is 11.5. The Morgan fingerprint density at radius 2 is 1.95 bits per heavy atom. The maximum atomic E-state index is 12.2. The molecule has 6 heteroatoms. The van der Waals surface area contributed by atoms with Gasteiger partial charge in [-0.1, -0.05) is 17.7 Å². The Kier molecular flexibility index (Phi) is 4.23. The monoisotopic (exact) mass is 304 g/mol. The maximum absolute atomic E-state index is 12.2. The van der Waals surface area contributed by atoms with Crippen LogP contribution in [0.2, 0.25) is 5.02 Å². The highest BCUT2D eigenvalue weighted by molar-refractivity contribution is 6.34. The zero-order chi connectivity index (χ0) is 15.6. The molecule has 2 rings (SSSR count). The summed E-state index contributed by atoms with van der Waals surface area (Å²) in [6.07, 6.45) is 1.39. The van der Waals surface area contributed by atoms with Crippen molar-refractivity contribution >= 4 is 29.2 Å². The van der Waals surface area contributed by atoms with Crippen LogP contribution in [0, 0.1) is 13.8 Å². The molecule has 1 aromatic carbocycles. The molecule has 108 valence electrons. The summed E-state index contributed by atoms with van der Waals surface area (Å²) < 4.78 is 0. The number of carboxylic acids is 1. The van der Waals surface area contributed by atoms with Gasteiger partial charge in [0, 0.05) is 17.6 Å². The fourth-order valence-electron chi connectivity index (χ4n) is 1.77. The molecular formula is C15H13ClN2O3. The molecule has 0 saturated heterocycles. The van der Waals surface area contributed by atoms with E-state index in [0.717, 1.165) is 5.56 Å². The fraction of sp³-hybridized carbons (Fsp3) is 0.133. The van der Waals surface area contributed by atoms with Gasteiger partial charge in [-0.15, -0.1) is 0 Å². The van der Waals surface area contributed by atoms with E-state index in [4.69, 9.17) is 16.7 Å². The average Bonchev–Trinajstić information content (AvgIpc) is 2.40. The fourth-order valence-corrected chi connectivity index (χ4v) is 2.07. The van der Waals surface area contributed by atoms with Gasteiger partial charge in [0.25, 0.3) is 5.91 Å². The van der Waals surface area contributed by atoms with Gasteiger partial charge in [0.05, 0.1) is 16.1 Å². The van der Waals surface area contributed by atoms with Crippen LogP contribution in [0.25, 0.3) is 0 Å². The van der Waals surface area contributed by atoms with Crippen molar-refractivity contribution in [2.24, 2.45) is 0 Å². The Labute approximate surface area is 126 Å². The van der Waals surface area contributed by atoms with Crippen LogP contribution in [0.1, 0.15) is 32.0 Å². The van der Waals surface area contributed by atoms with Gasteiger partial charge in [0.1, 0.15) is 0 Å². The molecule has 0 aliphatic rings. The number of carboxylic acid groups (broad SMARTS) is 1. The SMILES string of the molecule is Cc1cc(Cl)c(C(=O)Nc2cc(C(=O)O)ccc2C)cn1. The molecule has 2 N–H and O–H groups in total. The smallest absolute Gasteiger partial charge is 0.335 e. The predicted octanol–water partition coefficient (Wildman–Crippen LogP) is 3.30. The molecule has 1 aromatic heterocycles. The third kappa shape index (κ3) is 3.38. The second-order valence-electron chi connectivity index (χ2n) is 4.59. The topological polar surface area (TPSA) is 79.3 Å². The second kappa shape index (κ2) is 5.93. The molecule has 0 atom stereocenters. The molecule has 2 aromatic rings. The van der Waals surface area contributed by atoms with Crippen molar-refractivity contribution in [2.75, 3.05) is 5.32 Å². The van der Waals surface area contributed by atoms with Gasteiger partial charge >= 0.3 is 5.97 Å². The van der Waals surface area contributed by atoms with Crippen LogP contribution >= 0.6 is 11.6 Å². The first kappa shape index (κ1) is 15.0. The van der Waals surface area contributed by atoms with E-state index in [2.05, 4.69) is 10.3 Å². The number of amides is 1. The molecule has 1 heterocycles. The largest absolute Gasteiger partial charge is 0.478 e. The van der Waals surface area contributed by atoms with Crippen molar-refractivity contribution in [3.63, 3.8) is 0 Å². The Balaban J connectivity index is 2.31. The zero-order valence-corrected chi connectivity index (χ0v) is 12.2. The van der Waals surface area contributed by atoms with E-state index in [1.165, 1.54) is 18.3 Å². The van der Waals surface area contributed by atoms with Crippen LogP contribution in [-0.2, 0) is 0 Å². The highest BCUT2D eigenvalue weighted by atomic mass is 35.5. The lowest BCUT2D eigenvalue weighted by molar-refractivity contribution is 0.0696. The summed E-state index contributed by atoms with van der Waals surface area (Å²) in [5.74, 6) is -1.49. The number of aromatic carboxylic acids is 1. The number of aryl methyl sites for hydroxylation is 2. The highest BCUT2D eigenvalue weighted by Crippen LogP contribution is 2.21. The van der Waals surface area contributed by atoms with E-state index in [-0.39, 0.29) is 11.1 Å². The molecule has 0 saturated carbocycles. The lowest BCUT2D eigenvalue weighted by atomic mass is 10.1. The van der Waals surface area contributed by atoms with Crippen molar-refractivity contribution < 1.29 is 14.7 Å². The van der Waals surface area contributed by atoms with Gasteiger partial charge in [0.15, 0.2) is 0 Å². The third-order valence-electron chi connectivity index (χ3n) is 2.97. The first-order valence-corrected chi connectivity index (χ1v) is 6.53. The molecule has 0 unspecified atom stereocenters. The maximum Gasteiger partial charge on any atom is 0.335 e. The standard InChI is InChI=1S/C15H13ClN2O3/c1-8-3-4-10(15(20)21)6-13(8)18-14(19)11-7-17-9(2)5-12(11)16/h3-7H,1-2H3,(H,18,19)(H,20,21). The molecule has 0 bridgehead atoms.